The van der Waals surface area contributed by atoms with Gasteiger partial charge >= 0.3 is 0 Å². The Bertz CT molecular complexity index is 576. The second-order valence-electron chi connectivity index (χ2n) is 4.67. The van der Waals surface area contributed by atoms with Gasteiger partial charge in [0.2, 0.25) is 0 Å². The van der Waals surface area contributed by atoms with Crippen molar-refractivity contribution in [2.24, 2.45) is 0 Å². The summed E-state index contributed by atoms with van der Waals surface area (Å²) in [5, 5.41) is 3.27. The second kappa shape index (κ2) is 5.11. The van der Waals surface area contributed by atoms with E-state index in [1.165, 1.54) is 12.1 Å². The third kappa shape index (κ3) is 2.52. The van der Waals surface area contributed by atoms with Gasteiger partial charge < -0.3 is 15.0 Å². The van der Waals surface area contributed by atoms with E-state index < -0.39 is 0 Å². The van der Waals surface area contributed by atoms with E-state index in [4.69, 9.17) is 4.74 Å². The Hall–Kier alpha value is -1.72. The van der Waals surface area contributed by atoms with E-state index in [1.807, 2.05) is 13.0 Å². The van der Waals surface area contributed by atoms with E-state index in [9.17, 15) is 4.39 Å². The molecule has 1 aliphatic heterocycles. The quantitative estimate of drug-likeness (QED) is 0.871. The number of nitrogens with zero attached hydrogens (tertiary/aromatic N) is 1. The first-order valence-corrected chi connectivity index (χ1v) is 6.39. The van der Waals surface area contributed by atoms with Crippen LogP contribution in [0.3, 0.4) is 0 Å². The Balaban J connectivity index is 1.92. The van der Waals surface area contributed by atoms with Crippen molar-refractivity contribution in [1.82, 2.24) is 15.3 Å². The molecule has 19 heavy (non-hydrogen) atoms. The number of hydrogen-bond acceptors (Lipinski definition) is 3. The first kappa shape index (κ1) is 12.3. The zero-order chi connectivity index (χ0) is 13.2. The molecule has 0 radical (unpaired) electrons. The number of H-pyrrole nitrogens is 1. The Kier molecular flexibility index (Phi) is 3.31. The van der Waals surface area contributed by atoms with Crippen LogP contribution in [0, 0.1) is 12.7 Å². The van der Waals surface area contributed by atoms with Gasteiger partial charge in [-0.15, -0.1) is 0 Å². The molecule has 1 aromatic heterocycles. The SMILES string of the molecule is Cc1[nH]c(C2CNCCO2)nc1-c1cccc(F)c1. The van der Waals surface area contributed by atoms with Crippen LogP contribution in [0.2, 0.25) is 0 Å². The van der Waals surface area contributed by atoms with Crippen molar-refractivity contribution in [2.45, 2.75) is 13.0 Å². The minimum atomic E-state index is -0.253. The fraction of sp³-hybridized carbons (Fsp3) is 0.357. The van der Waals surface area contributed by atoms with Gasteiger partial charge in [-0.1, -0.05) is 12.1 Å². The molecule has 0 aliphatic carbocycles. The number of benzene rings is 1. The molecule has 0 bridgehead atoms. The number of ether oxygens (including phenoxy) is 1. The summed E-state index contributed by atoms with van der Waals surface area (Å²) in [7, 11) is 0. The van der Waals surface area contributed by atoms with Gasteiger partial charge in [0.15, 0.2) is 0 Å². The lowest BCUT2D eigenvalue weighted by atomic mass is 10.1. The van der Waals surface area contributed by atoms with E-state index >= 15 is 0 Å². The van der Waals surface area contributed by atoms with Crippen LogP contribution in [0.25, 0.3) is 11.3 Å². The maximum absolute atomic E-state index is 13.3. The molecule has 3 rings (SSSR count). The standard InChI is InChI=1S/C14H16FN3O/c1-9-13(10-3-2-4-11(15)7-10)18-14(17-9)12-8-16-5-6-19-12/h2-4,7,12,16H,5-6,8H2,1H3,(H,17,18). The first-order valence-electron chi connectivity index (χ1n) is 6.39. The lowest BCUT2D eigenvalue weighted by molar-refractivity contribution is 0.0226. The molecular formula is C14H16FN3O. The van der Waals surface area contributed by atoms with E-state index in [-0.39, 0.29) is 11.9 Å². The summed E-state index contributed by atoms with van der Waals surface area (Å²) in [5.41, 5.74) is 2.49. The van der Waals surface area contributed by atoms with Crippen LogP contribution in [0.15, 0.2) is 24.3 Å². The highest BCUT2D eigenvalue weighted by atomic mass is 19.1. The monoisotopic (exact) mass is 261 g/mol. The topological polar surface area (TPSA) is 49.9 Å². The molecule has 5 heteroatoms. The number of imidazole rings is 1. The molecule has 1 unspecified atom stereocenters. The summed E-state index contributed by atoms with van der Waals surface area (Å²) >= 11 is 0. The number of aromatic nitrogens is 2. The molecule has 1 aliphatic rings. The molecule has 2 N–H and O–H groups in total. The van der Waals surface area contributed by atoms with Crippen molar-refractivity contribution in [3.63, 3.8) is 0 Å². The lowest BCUT2D eigenvalue weighted by Crippen LogP contribution is -2.33. The van der Waals surface area contributed by atoms with Crippen molar-refractivity contribution in [3.8, 4) is 11.3 Å². The predicted octanol–water partition coefficient (Wildman–Crippen LogP) is 2.19. The highest BCUT2D eigenvalue weighted by Gasteiger charge is 2.20. The smallest absolute Gasteiger partial charge is 0.137 e. The molecular weight excluding hydrogens is 245 g/mol. The van der Waals surface area contributed by atoms with E-state index in [1.54, 1.807) is 6.07 Å². The largest absolute Gasteiger partial charge is 0.368 e. The molecule has 0 saturated carbocycles. The molecule has 2 heterocycles. The minimum absolute atomic E-state index is 0.0604. The minimum Gasteiger partial charge on any atom is -0.368 e. The van der Waals surface area contributed by atoms with Crippen molar-refractivity contribution in [2.75, 3.05) is 19.7 Å². The van der Waals surface area contributed by atoms with Gasteiger partial charge in [0, 0.05) is 24.3 Å². The molecule has 0 spiro atoms. The summed E-state index contributed by atoms with van der Waals surface area (Å²) in [5.74, 6) is 0.543. The van der Waals surface area contributed by atoms with Gasteiger partial charge in [-0.3, -0.25) is 0 Å². The molecule has 2 aromatic rings. The molecule has 1 saturated heterocycles. The number of hydrogen-bond donors (Lipinski definition) is 2. The van der Waals surface area contributed by atoms with Crippen LogP contribution in [-0.2, 0) is 4.74 Å². The summed E-state index contributed by atoms with van der Waals surface area (Å²) in [6, 6.07) is 6.47. The zero-order valence-corrected chi connectivity index (χ0v) is 10.7. The number of aromatic amines is 1. The average Bonchev–Trinajstić information content (AvgIpc) is 2.82. The van der Waals surface area contributed by atoms with Crippen LogP contribution in [0.5, 0.6) is 0 Å². The van der Waals surface area contributed by atoms with Gasteiger partial charge in [-0.25, -0.2) is 9.37 Å². The summed E-state index contributed by atoms with van der Waals surface area (Å²) in [6.45, 7) is 4.23. The van der Waals surface area contributed by atoms with E-state index in [0.29, 0.717) is 6.61 Å². The fourth-order valence-corrected chi connectivity index (χ4v) is 2.29. The second-order valence-corrected chi connectivity index (χ2v) is 4.67. The molecule has 4 nitrogen and oxygen atoms in total. The summed E-state index contributed by atoms with van der Waals surface area (Å²) in [4.78, 5) is 7.79. The van der Waals surface area contributed by atoms with Crippen LogP contribution in [-0.4, -0.2) is 29.7 Å². The Morgan fingerprint density at radius 3 is 3.05 bits per heavy atom. The fourth-order valence-electron chi connectivity index (χ4n) is 2.29. The van der Waals surface area contributed by atoms with Crippen LogP contribution >= 0.6 is 0 Å². The Labute approximate surface area is 111 Å². The van der Waals surface area contributed by atoms with Crippen molar-refractivity contribution >= 4 is 0 Å². The third-order valence-electron chi connectivity index (χ3n) is 3.23. The predicted molar refractivity (Wildman–Crippen MR) is 70.3 cm³/mol. The number of aryl methyl sites for hydroxylation is 1. The lowest BCUT2D eigenvalue weighted by Gasteiger charge is -2.21. The first-order chi connectivity index (χ1) is 9.24. The Morgan fingerprint density at radius 1 is 1.42 bits per heavy atom. The third-order valence-corrected chi connectivity index (χ3v) is 3.23. The number of rotatable bonds is 2. The highest BCUT2D eigenvalue weighted by Crippen LogP contribution is 2.25. The van der Waals surface area contributed by atoms with Gasteiger partial charge in [0.05, 0.1) is 12.3 Å². The van der Waals surface area contributed by atoms with Gasteiger partial charge in [-0.05, 0) is 19.1 Å². The Morgan fingerprint density at radius 2 is 2.32 bits per heavy atom. The van der Waals surface area contributed by atoms with Gasteiger partial charge in [-0.2, -0.15) is 0 Å². The summed E-state index contributed by atoms with van der Waals surface area (Å²) in [6.07, 6.45) is -0.0604. The van der Waals surface area contributed by atoms with E-state index in [2.05, 4.69) is 15.3 Å². The molecule has 0 amide bonds. The molecule has 1 fully saturated rings. The van der Waals surface area contributed by atoms with Crippen molar-refractivity contribution in [1.29, 1.82) is 0 Å². The highest BCUT2D eigenvalue weighted by molar-refractivity contribution is 5.61. The maximum atomic E-state index is 13.3. The van der Waals surface area contributed by atoms with Crippen LogP contribution in [0.1, 0.15) is 17.6 Å². The van der Waals surface area contributed by atoms with Crippen LogP contribution < -0.4 is 5.32 Å². The number of halogens is 1. The number of nitrogens with one attached hydrogen (secondary N) is 2. The molecule has 1 aromatic carbocycles. The normalized spacial score (nSPS) is 19.6. The van der Waals surface area contributed by atoms with Crippen LogP contribution in [0.4, 0.5) is 4.39 Å². The molecule has 1 atom stereocenters. The van der Waals surface area contributed by atoms with E-state index in [0.717, 1.165) is 35.9 Å². The molecule has 100 valence electrons. The van der Waals surface area contributed by atoms with Gasteiger partial charge in [0.25, 0.3) is 0 Å². The number of morpholine rings is 1. The van der Waals surface area contributed by atoms with Gasteiger partial charge in [0.1, 0.15) is 17.7 Å². The van der Waals surface area contributed by atoms with Crippen molar-refractivity contribution in [3.05, 3.63) is 41.6 Å². The zero-order valence-electron chi connectivity index (χ0n) is 10.7. The maximum Gasteiger partial charge on any atom is 0.137 e. The average molecular weight is 261 g/mol. The van der Waals surface area contributed by atoms with Crippen molar-refractivity contribution < 1.29 is 9.13 Å². The summed E-state index contributed by atoms with van der Waals surface area (Å²) < 4.78 is 18.9.